The van der Waals surface area contributed by atoms with Gasteiger partial charge >= 0.3 is 0 Å². The molecule has 0 aliphatic carbocycles. The number of carbonyl (C=O) groups excluding carboxylic acids is 1. The lowest BCUT2D eigenvalue weighted by Gasteiger charge is -2.20. The van der Waals surface area contributed by atoms with Crippen molar-refractivity contribution in [3.05, 3.63) is 77.9 Å². The highest BCUT2D eigenvalue weighted by atomic mass is 32.2. The van der Waals surface area contributed by atoms with Crippen LogP contribution in [0.3, 0.4) is 0 Å². The smallest absolute Gasteiger partial charge is 0.241 e. The first kappa shape index (κ1) is 17.1. The number of nitrogens with one attached hydrogen (secondary N) is 1. The summed E-state index contributed by atoms with van der Waals surface area (Å²) in [5.41, 5.74) is 1.84. The third kappa shape index (κ3) is 4.15. The van der Waals surface area contributed by atoms with Crippen molar-refractivity contribution in [1.29, 1.82) is 0 Å². The molecule has 0 radical (unpaired) electrons. The van der Waals surface area contributed by atoms with E-state index >= 15 is 0 Å². The van der Waals surface area contributed by atoms with E-state index in [4.69, 9.17) is 0 Å². The van der Waals surface area contributed by atoms with Gasteiger partial charge in [0.25, 0.3) is 0 Å². The van der Waals surface area contributed by atoms with Gasteiger partial charge in [0, 0.05) is 5.57 Å². The van der Waals surface area contributed by atoms with Crippen LogP contribution in [0, 0.1) is 6.92 Å². The van der Waals surface area contributed by atoms with Gasteiger partial charge in [0.2, 0.25) is 10.0 Å². The van der Waals surface area contributed by atoms with Gasteiger partial charge in [-0.15, -0.1) is 0 Å². The molecular weight excluding hydrogens is 310 g/mol. The molecule has 0 aliphatic rings. The summed E-state index contributed by atoms with van der Waals surface area (Å²) in [6.07, 6.45) is 0. The van der Waals surface area contributed by atoms with Gasteiger partial charge in [-0.05, 0) is 31.5 Å². The van der Waals surface area contributed by atoms with Crippen LogP contribution in [0.2, 0.25) is 0 Å². The molecule has 2 aromatic rings. The summed E-state index contributed by atoms with van der Waals surface area (Å²) in [7, 11) is -3.77. The number of ketones is 1. The van der Waals surface area contributed by atoms with Gasteiger partial charge in [0.05, 0.1) is 10.9 Å². The van der Waals surface area contributed by atoms with E-state index in [-0.39, 0.29) is 16.3 Å². The van der Waals surface area contributed by atoms with Crippen LogP contribution in [-0.4, -0.2) is 14.2 Å². The molecule has 0 fully saturated rings. The third-order valence-electron chi connectivity index (χ3n) is 3.54. The Morgan fingerprint density at radius 1 is 1.04 bits per heavy atom. The first-order valence-corrected chi connectivity index (χ1v) is 8.63. The SMILES string of the molecule is C=C(C(C)=O)[C@H](NS(=O)(=O)c1ccc(C)cc1)c1ccccc1. The predicted molar refractivity (Wildman–Crippen MR) is 90.5 cm³/mol. The molecular formula is C18H19NO3S. The summed E-state index contributed by atoms with van der Waals surface area (Å²) in [6, 6.07) is 14.7. The Kier molecular flexibility index (Phi) is 5.13. The van der Waals surface area contributed by atoms with E-state index in [2.05, 4.69) is 11.3 Å². The highest BCUT2D eigenvalue weighted by molar-refractivity contribution is 7.89. The lowest BCUT2D eigenvalue weighted by molar-refractivity contribution is -0.113. The number of hydrogen-bond donors (Lipinski definition) is 1. The summed E-state index contributed by atoms with van der Waals surface area (Å²) in [5, 5.41) is 0. The molecule has 5 heteroatoms. The molecule has 0 saturated heterocycles. The molecule has 0 aliphatic heterocycles. The molecule has 0 amide bonds. The first-order valence-electron chi connectivity index (χ1n) is 7.15. The first-order chi connectivity index (χ1) is 10.8. The van der Waals surface area contributed by atoms with Crippen LogP contribution in [0.1, 0.15) is 24.1 Å². The van der Waals surface area contributed by atoms with Crippen LogP contribution < -0.4 is 4.72 Å². The maximum atomic E-state index is 12.6. The molecule has 0 bridgehead atoms. The van der Waals surface area contributed by atoms with Crippen LogP contribution in [0.5, 0.6) is 0 Å². The average Bonchev–Trinajstić information content (AvgIpc) is 2.53. The fourth-order valence-corrected chi connectivity index (χ4v) is 3.35. The van der Waals surface area contributed by atoms with Crippen LogP contribution in [0.25, 0.3) is 0 Å². The topological polar surface area (TPSA) is 63.2 Å². The second kappa shape index (κ2) is 6.89. The molecule has 0 saturated carbocycles. The zero-order chi connectivity index (χ0) is 17.0. The number of Topliss-reactive ketones (excluding diaryl/α,β-unsaturated/α-hetero) is 1. The van der Waals surface area contributed by atoms with E-state index in [1.54, 1.807) is 36.4 Å². The fraction of sp³-hybridized carbons (Fsp3) is 0.167. The van der Waals surface area contributed by atoms with Crippen molar-refractivity contribution < 1.29 is 13.2 Å². The normalized spacial score (nSPS) is 12.6. The minimum atomic E-state index is -3.77. The van der Waals surface area contributed by atoms with Crippen molar-refractivity contribution in [2.45, 2.75) is 24.8 Å². The fourth-order valence-electron chi connectivity index (χ4n) is 2.13. The molecule has 0 heterocycles. The standard InChI is InChI=1S/C18H19NO3S/c1-13-9-11-17(12-10-13)23(21,22)19-18(14(2)15(3)20)16-7-5-4-6-8-16/h4-12,18-19H,2H2,1,3H3/t18-/m0/s1. The summed E-state index contributed by atoms with van der Waals surface area (Å²) in [5.74, 6) is -0.259. The van der Waals surface area contributed by atoms with Crippen molar-refractivity contribution in [2.24, 2.45) is 0 Å². The Morgan fingerprint density at radius 2 is 1.61 bits per heavy atom. The lowest BCUT2D eigenvalue weighted by atomic mass is 9.98. The molecule has 1 atom stereocenters. The number of hydrogen-bond acceptors (Lipinski definition) is 3. The highest BCUT2D eigenvalue weighted by Crippen LogP contribution is 2.24. The highest BCUT2D eigenvalue weighted by Gasteiger charge is 2.25. The number of benzene rings is 2. The summed E-state index contributed by atoms with van der Waals surface area (Å²) in [4.78, 5) is 11.8. The molecule has 0 aromatic heterocycles. The Morgan fingerprint density at radius 3 is 2.13 bits per heavy atom. The van der Waals surface area contributed by atoms with E-state index in [0.29, 0.717) is 5.56 Å². The van der Waals surface area contributed by atoms with Gasteiger partial charge in [-0.2, -0.15) is 4.72 Å². The van der Waals surface area contributed by atoms with Gasteiger partial charge in [0.15, 0.2) is 5.78 Å². The zero-order valence-electron chi connectivity index (χ0n) is 13.1. The van der Waals surface area contributed by atoms with Gasteiger partial charge in [-0.3, -0.25) is 4.79 Å². The van der Waals surface area contributed by atoms with Crippen molar-refractivity contribution in [3.63, 3.8) is 0 Å². The number of carbonyl (C=O) groups is 1. The second-order valence-electron chi connectivity index (χ2n) is 5.36. The molecule has 0 unspecified atom stereocenters. The van der Waals surface area contributed by atoms with Crippen molar-refractivity contribution >= 4 is 15.8 Å². The van der Waals surface area contributed by atoms with Crippen molar-refractivity contribution in [1.82, 2.24) is 4.72 Å². The van der Waals surface area contributed by atoms with E-state index in [1.807, 2.05) is 13.0 Å². The maximum Gasteiger partial charge on any atom is 0.241 e. The second-order valence-corrected chi connectivity index (χ2v) is 7.07. The Labute approximate surface area is 136 Å². The predicted octanol–water partition coefficient (Wildman–Crippen LogP) is 3.16. The van der Waals surface area contributed by atoms with Crippen LogP contribution in [0.4, 0.5) is 0 Å². The van der Waals surface area contributed by atoms with Crippen LogP contribution >= 0.6 is 0 Å². The van der Waals surface area contributed by atoms with Gasteiger partial charge in [-0.1, -0.05) is 54.6 Å². The molecule has 2 rings (SSSR count). The van der Waals surface area contributed by atoms with Crippen LogP contribution in [0.15, 0.2) is 71.6 Å². The summed E-state index contributed by atoms with van der Waals surface area (Å²) < 4.78 is 27.8. The Bertz CT molecular complexity index is 809. The minimum absolute atomic E-state index is 0.153. The number of aryl methyl sites for hydroxylation is 1. The Hall–Kier alpha value is -2.24. The molecule has 4 nitrogen and oxygen atoms in total. The lowest BCUT2D eigenvalue weighted by Crippen LogP contribution is -2.31. The molecule has 23 heavy (non-hydrogen) atoms. The van der Waals surface area contributed by atoms with Crippen molar-refractivity contribution in [2.75, 3.05) is 0 Å². The van der Waals surface area contributed by atoms with E-state index < -0.39 is 16.1 Å². The van der Waals surface area contributed by atoms with Crippen LogP contribution in [-0.2, 0) is 14.8 Å². The molecule has 2 aromatic carbocycles. The minimum Gasteiger partial charge on any atom is -0.295 e. The summed E-state index contributed by atoms with van der Waals surface area (Å²) in [6.45, 7) is 7.00. The molecule has 1 N–H and O–H groups in total. The number of sulfonamides is 1. The van der Waals surface area contributed by atoms with Gasteiger partial charge in [-0.25, -0.2) is 8.42 Å². The monoisotopic (exact) mass is 329 g/mol. The Balaban J connectivity index is 2.39. The van der Waals surface area contributed by atoms with E-state index in [0.717, 1.165) is 5.56 Å². The van der Waals surface area contributed by atoms with Gasteiger partial charge in [0.1, 0.15) is 0 Å². The van der Waals surface area contributed by atoms with Gasteiger partial charge < -0.3 is 0 Å². The molecule has 120 valence electrons. The zero-order valence-corrected chi connectivity index (χ0v) is 13.9. The number of rotatable bonds is 6. The summed E-state index contributed by atoms with van der Waals surface area (Å²) >= 11 is 0. The molecule has 0 spiro atoms. The van der Waals surface area contributed by atoms with E-state index in [9.17, 15) is 13.2 Å². The van der Waals surface area contributed by atoms with Crippen molar-refractivity contribution in [3.8, 4) is 0 Å². The third-order valence-corrected chi connectivity index (χ3v) is 4.98. The van der Waals surface area contributed by atoms with E-state index in [1.165, 1.54) is 19.1 Å². The average molecular weight is 329 g/mol. The maximum absolute atomic E-state index is 12.6. The largest absolute Gasteiger partial charge is 0.295 e. The quantitative estimate of drug-likeness (QED) is 0.828.